The molecule has 152 valence electrons. The number of nitrogens with one attached hydrogen (secondary N) is 1. The van der Waals surface area contributed by atoms with Crippen molar-refractivity contribution in [3.63, 3.8) is 0 Å². The highest BCUT2D eigenvalue weighted by Gasteiger charge is 2.19. The molecule has 8 heteroatoms. The fourth-order valence-corrected chi connectivity index (χ4v) is 4.51. The SMILES string of the molecule is Cc1ccc(C(NC(=O)CSc2nnnn2Cc2ccccc2)c2cccs2)cc1. The van der Waals surface area contributed by atoms with Crippen molar-refractivity contribution in [2.75, 3.05) is 5.75 Å². The van der Waals surface area contributed by atoms with Gasteiger partial charge in [-0.25, -0.2) is 4.68 Å². The third-order valence-corrected chi connectivity index (χ3v) is 6.44. The smallest absolute Gasteiger partial charge is 0.231 e. The number of aromatic nitrogens is 4. The summed E-state index contributed by atoms with van der Waals surface area (Å²) in [6.07, 6.45) is 0. The van der Waals surface area contributed by atoms with Crippen LogP contribution in [0.4, 0.5) is 0 Å². The molecule has 0 aliphatic heterocycles. The van der Waals surface area contributed by atoms with Gasteiger partial charge in [0, 0.05) is 4.88 Å². The minimum absolute atomic E-state index is 0.0618. The van der Waals surface area contributed by atoms with Crippen LogP contribution in [0.1, 0.15) is 27.6 Å². The van der Waals surface area contributed by atoms with Crippen LogP contribution >= 0.6 is 23.1 Å². The molecule has 0 radical (unpaired) electrons. The molecule has 0 saturated heterocycles. The summed E-state index contributed by atoms with van der Waals surface area (Å²) in [5.41, 5.74) is 3.36. The number of carbonyl (C=O) groups is 1. The van der Waals surface area contributed by atoms with Crippen LogP contribution in [0.3, 0.4) is 0 Å². The largest absolute Gasteiger partial charge is 0.344 e. The second-order valence-corrected chi connectivity index (χ2v) is 8.74. The third kappa shape index (κ3) is 5.14. The first-order chi connectivity index (χ1) is 14.7. The Morgan fingerprint density at radius 3 is 2.63 bits per heavy atom. The molecule has 0 bridgehead atoms. The van der Waals surface area contributed by atoms with E-state index in [1.165, 1.54) is 17.3 Å². The van der Waals surface area contributed by atoms with E-state index in [0.717, 1.165) is 16.0 Å². The lowest BCUT2D eigenvalue weighted by molar-refractivity contribution is -0.119. The lowest BCUT2D eigenvalue weighted by atomic mass is 10.0. The molecule has 4 rings (SSSR count). The fraction of sp³-hybridized carbons (Fsp3) is 0.182. The molecule has 1 N–H and O–H groups in total. The standard InChI is InChI=1S/C22H21N5OS2/c1-16-9-11-18(12-10-16)21(19-8-5-13-29-19)23-20(28)15-30-22-24-25-26-27(22)14-17-6-3-2-4-7-17/h2-13,21H,14-15H2,1H3,(H,23,28). The third-order valence-electron chi connectivity index (χ3n) is 4.55. The van der Waals surface area contributed by atoms with Crippen LogP contribution in [0, 0.1) is 6.92 Å². The van der Waals surface area contributed by atoms with Crippen molar-refractivity contribution < 1.29 is 4.79 Å². The first-order valence-corrected chi connectivity index (χ1v) is 11.4. The van der Waals surface area contributed by atoms with Gasteiger partial charge in [0.25, 0.3) is 0 Å². The second kappa shape index (κ2) is 9.69. The summed E-state index contributed by atoms with van der Waals surface area (Å²) in [5, 5.41) is 17.7. The van der Waals surface area contributed by atoms with E-state index in [2.05, 4.69) is 52.0 Å². The molecule has 2 aromatic heterocycles. The fourth-order valence-electron chi connectivity index (χ4n) is 3.02. The van der Waals surface area contributed by atoms with E-state index in [9.17, 15) is 4.79 Å². The van der Waals surface area contributed by atoms with Crippen LogP contribution < -0.4 is 5.32 Å². The Labute approximate surface area is 183 Å². The summed E-state index contributed by atoms with van der Waals surface area (Å²) < 4.78 is 1.71. The Bertz CT molecular complexity index is 1080. The van der Waals surface area contributed by atoms with Crippen molar-refractivity contribution >= 4 is 29.0 Å². The summed E-state index contributed by atoms with van der Waals surface area (Å²) in [6, 6.07) is 22.1. The molecule has 0 aliphatic rings. The van der Waals surface area contributed by atoms with Gasteiger partial charge in [-0.15, -0.1) is 16.4 Å². The Kier molecular flexibility index (Phi) is 6.56. The molecule has 1 amide bonds. The average molecular weight is 436 g/mol. The number of aryl methyl sites for hydroxylation is 1. The van der Waals surface area contributed by atoms with Gasteiger partial charge in [-0.3, -0.25) is 4.79 Å². The summed E-state index contributed by atoms with van der Waals surface area (Å²) in [4.78, 5) is 13.9. The number of amides is 1. The summed E-state index contributed by atoms with van der Waals surface area (Å²) in [5.74, 6) is 0.177. The highest BCUT2D eigenvalue weighted by atomic mass is 32.2. The van der Waals surface area contributed by atoms with Gasteiger partial charge >= 0.3 is 0 Å². The number of hydrogen-bond donors (Lipinski definition) is 1. The van der Waals surface area contributed by atoms with E-state index >= 15 is 0 Å². The molecular formula is C22H21N5OS2. The van der Waals surface area contributed by atoms with E-state index in [1.54, 1.807) is 16.0 Å². The minimum atomic E-state index is -0.168. The average Bonchev–Trinajstić information content (AvgIpc) is 3.44. The summed E-state index contributed by atoms with van der Waals surface area (Å²) in [7, 11) is 0. The zero-order valence-corrected chi connectivity index (χ0v) is 18.1. The zero-order chi connectivity index (χ0) is 20.8. The van der Waals surface area contributed by atoms with Crippen LogP contribution in [-0.2, 0) is 11.3 Å². The van der Waals surface area contributed by atoms with E-state index in [-0.39, 0.29) is 17.7 Å². The minimum Gasteiger partial charge on any atom is -0.344 e. The van der Waals surface area contributed by atoms with Crippen molar-refractivity contribution in [2.45, 2.75) is 24.7 Å². The lowest BCUT2D eigenvalue weighted by Gasteiger charge is -2.18. The maximum atomic E-state index is 12.7. The summed E-state index contributed by atoms with van der Waals surface area (Å²) in [6.45, 7) is 2.62. The van der Waals surface area contributed by atoms with E-state index in [0.29, 0.717) is 11.7 Å². The lowest BCUT2D eigenvalue weighted by Crippen LogP contribution is -2.30. The van der Waals surface area contributed by atoms with Gasteiger partial charge in [0.15, 0.2) is 0 Å². The second-order valence-electron chi connectivity index (χ2n) is 6.82. The molecule has 0 spiro atoms. The van der Waals surface area contributed by atoms with Gasteiger partial charge in [-0.1, -0.05) is 78.0 Å². The number of tetrazole rings is 1. The van der Waals surface area contributed by atoms with Crippen LogP contribution in [0.5, 0.6) is 0 Å². The zero-order valence-electron chi connectivity index (χ0n) is 16.4. The molecular weight excluding hydrogens is 414 g/mol. The van der Waals surface area contributed by atoms with Crippen molar-refractivity contribution in [1.29, 1.82) is 0 Å². The molecule has 6 nitrogen and oxygen atoms in total. The van der Waals surface area contributed by atoms with Crippen LogP contribution in [-0.4, -0.2) is 31.9 Å². The van der Waals surface area contributed by atoms with Crippen LogP contribution in [0.15, 0.2) is 77.3 Å². The molecule has 0 aliphatic carbocycles. The van der Waals surface area contributed by atoms with E-state index in [1.807, 2.05) is 47.8 Å². The number of hydrogen-bond acceptors (Lipinski definition) is 6. The molecule has 1 unspecified atom stereocenters. The van der Waals surface area contributed by atoms with Crippen LogP contribution in [0.25, 0.3) is 0 Å². The number of rotatable bonds is 8. The Morgan fingerprint density at radius 1 is 1.10 bits per heavy atom. The molecule has 30 heavy (non-hydrogen) atoms. The normalized spacial score (nSPS) is 11.9. The Hall–Kier alpha value is -2.97. The van der Waals surface area contributed by atoms with Gasteiger partial charge in [-0.05, 0) is 39.9 Å². The Morgan fingerprint density at radius 2 is 1.90 bits per heavy atom. The maximum absolute atomic E-state index is 12.7. The van der Waals surface area contributed by atoms with Crippen molar-refractivity contribution in [3.8, 4) is 0 Å². The highest BCUT2D eigenvalue weighted by Crippen LogP contribution is 2.26. The number of nitrogens with zero attached hydrogens (tertiary/aromatic N) is 4. The first kappa shape index (κ1) is 20.3. The molecule has 0 fully saturated rings. The Balaban J connectivity index is 1.41. The monoisotopic (exact) mass is 435 g/mol. The van der Waals surface area contributed by atoms with E-state index < -0.39 is 0 Å². The first-order valence-electron chi connectivity index (χ1n) is 9.51. The van der Waals surface area contributed by atoms with Gasteiger partial charge in [-0.2, -0.15) is 0 Å². The predicted molar refractivity (Wildman–Crippen MR) is 120 cm³/mol. The molecule has 2 heterocycles. The van der Waals surface area contributed by atoms with Crippen molar-refractivity contribution in [3.05, 3.63) is 93.7 Å². The molecule has 4 aromatic rings. The van der Waals surface area contributed by atoms with Crippen molar-refractivity contribution in [1.82, 2.24) is 25.5 Å². The van der Waals surface area contributed by atoms with Gasteiger partial charge in [0.1, 0.15) is 0 Å². The molecule has 1 atom stereocenters. The predicted octanol–water partition coefficient (Wildman–Crippen LogP) is 4.09. The van der Waals surface area contributed by atoms with Gasteiger partial charge in [0.05, 0.1) is 18.3 Å². The van der Waals surface area contributed by atoms with Crippen molar-refractivity contribution in [2.24, 2.45) is 0 Å². The maximum Gasteiger partial charge on any atom is 0.231 e. The number of benzene rings is 2. The number of thioether (sulfide) groups is 1. The quantitative estimate of drug-likeness (QED) is 0.422. The van der Waals surface area contributed by atoms with Crippen LogP contribution in [0.2, 0.25) is 0 Å². The van der Waals surface area contributed by atoms with E-state index in [4.69, 9.17) is 0 Å². The topological polar surface area (TPSA) is 72.7 Å². The highest BCUT2D eigenvalue weighted by molar-refractivity contribution is 7.99. The van der Waals surface area contributed by atoms with Gasteiger partial charge in [0.2, 0.25) is 11.1 Å². The number of thiophene rings is 1. The summed E-state index contributed by atoms with van der Waals surface area (Å²) >= 11 is 2.97. The molecule has 2 aromatic carbocycles. The number of carbonyl (C=O) groups excluding carboxylic acids is 1. The van der Waals surface area contributed by atoms with Gasteiger partial charge < -0.3 is 5.32 Å². The molecule has 0 saturated carbocycles.